The molecule has 6 N–H and O–H groups in total. The molecule has 7 nitrogen and oxygen atoms in total. The Hall–Kier alpha value is -2.74. The van der Waals surface area contributed by atoms with Crippen molar-refractivity contribution in [1.82, 2.24) is 10.6 Å². The normalized spacial score (nSPS) is 14.1. The molecule has 0 aliphatic rings. The topological polar surface area (TPSA) is 125 Å². The second-order valence-corrected chi connectivity index (χ2v) is 6.58. The zero-order valence-electron chi connectivity index (χ0n) is 15.7. The highest BCUT2D eigenvalue weighted by molar-refractivity contribution is 5.95. The molecule has 0 aliphatic carbocycles. The van der Waals surface area contributed by atoms with Gasteiger partial charge in [0.25, 0.3) is 0 Å². The standard InChI is InChI=1S/C21H27N3O4/c22-19(27)18(26)21(24-13-14-25,15-17-9-5-2-6-10-17)20(28)23-12-11-16-7-3-1-4-8-16/h1-10,18,24-26H,11-15H2,(H2,22,27)(H,23,28). The summed E-state index contributed by atoms with van der Waals surface area (Å²) < 4.78 is 0. The Morgan fingerprint density at radius 2 is 1.54 bits per heavy atom. The molecule has 7 heteroatoms. The van der Waals surface area contributed by atoms with E-state index < -0.39 is 23.5 Å². The minimum Gasteiger partial charge on any atom is -0.395 e. The quantitative estimate of drug-likeness (QED) is 0.365. The Labute approximate surface area is 164 Å². The molecule has 2 atom stereocenters. The highest BCUT2D eigenvalue weighted by Crippen LogP contribution is 2.19. The maximum atomic E-state index is 13.1. The van der Waals surface area contributed by atoms with Gasteiger partial charge in [-0.05, 0) is 17.5 Å². The fourth-order valence-electron chi connectivity index (χ4n) is 3.10. The number of carbonyl (C=O) groups is 2. The highest BCUT2D eigenvalue weighted by Gasteiger charge is 2.47. The lowest BCUT2D eigenvalue weighted by molar-refractivity contribution is -0.142. The lowest BCUT2D eigenvalue weighted by atomic mass is 9.83. The molecule has 0 aliphatic heterocycles. The smallest absolute Gasteiger partial charge is 0.248 e. The van der Waals surface area contributed by atoms with Crippen molar-refractivity contribution in [3.63, 3.8) is 0 Å². The van der Waals surface area contributed by atoms with Crippen LogP contribution >= 0.6 is 0 Å². The number of hydrogen-bond acceptors (Lipinski definition) is 5. The summed E-state index contributed by atoms with van der Waals surface area (Å²) in [7, 11) is 0. The molecule has 0 aromatic heterocycles. The van der Waals surface area contributed by atoms with Crippen molar-refractivity contribution in [3.05, 3.63) is 71.8 Å². The molecule has 0 radical (unpaired) electrons. The summed E-state index contributed by atoms with van der Waals surface area (Å²) in [6, 6.07) is 18.7. The molecule has 2 aromatic carbocycles. The van der Waals surface area contributed by atoms with Gasteiger partial charge in [0.05, 0.1) is 6.61 Å². The number of aliphatic hydroxyl groups is 2. The number of hydrogen-bond donors (Lipinski definition) is 5. The first kappa shape index (κ1) is 21.6. The maximum absolute atomic E-state index is 13.1. The number of nitrogens with one attached hydrogen (secondary N) is 2. The number of carbonyl (C=O) groups excluding carboxylic acids is 2. The van der Waals surface area contributed by atoms with Gasteiger partial charge in [-0.15, -0.1) is 0 Å². The SMILES string of the molecule is NC(=O)C(O)C(Cc1ccccc1)(NCCO)C(=O)NCCc1ccccc1. The fourth-order valence-corrected chi connectivity index (χ4v) is 3.10. The van der Waals surface area contributed by atoms with Crippen LogP contribution < -0.4 is 16.4 Å². The first-order valence-electron chi connectivity index (χ1n) is 9.19. The fraction of sp³-hybridized carbons (Fsp3) is 0.333. The lowest BCUT2D eigenvalue weighted by Crippen LogP contribution is -2.68. The molecular formula is C21H27N3O4. The molecule has 0 heterocycles. The van der Waals surface area contributed by atoms with E-state index in [2.05, 4.69) is 10.6 Å². The Morgan fingerprint density at radius 3 is 2.07 bits per heavy atom. The molecule has 28 heavy (non-hydrogen) atoms. The number of rotatable bonds is 11. The van der Waals surface area contributed by atoms with Crippen LogP contribution in [0.15, 0.2) is 60.7 Å². The van der Waals surface area contributed by atoms with Gasteiger partial charge in [-0.3, -0.25) is 14.9 Å². The average molecular weight is 385 g/mol. The van der Waals surface area contributed by atoms with E-state index in [1.54, 1.807) is 24.3 Å². The molecular weight excluding hydrogens is 358 g/mol. The van der Waals surface area contributed by atoms with Crippen LogP contribution in [-0.2, 0) is 22.4 Å². The second kappa shape index (κ2) is 10.6. The van der Waals surface area contributed by atoms with E-state index in [1.165, 1.54) is 0 Å². The van der Waals surface area contributed by atoms with Crippen LogP contribution in [0.5, 0.6) is 0 Å². The van der Waals surface area contributed by atoms with Crippen molar-refractivity contribution < 1.29 is 19.8 Å². The predicted molar refractivity (Wildman–Crippen MR) is 106 cm³/mol. The van der Waals surface area contributed by atoms with E-state index in [4.69, 9.17) is 5.73 Å². The van der Waals surface area contributed by atoms with Gasteiger partial charge in [0.15, 0.2) is 6.10 Å². The van der Waals surface area contributed by atoms with Crippen LogP contribution in [-0.4, -0.2) is 53.4 Å². The van der Waals surface area contributed by atoms with Gasteiger partial charge in [0.2, 0.25) is 11.8 Å². The maximum Gasteiger partial charge on any atom is 0.248 e. The Balaban J connectivity index is 2.22. The number of β-amino-alcohol motifs (C(OH)–C–C–N with tert-alkyl or cyclic N) is 1. The second-order valence-electron chi connectivity index (χ2n) is 6.58. The molecule has 2 rings (SSSR count). The van der Waals surface area contributed by atoms with Gasteiger partial charge in [-0.1, -0.05) is 60.7 Å². The van der Waals surface area contributed by atoms with Gasteiger partial charge < -0.3 is 21.3 Å². The zero-order valence-corrected chi connectivity index (χ0v) is 15.7. The summed E-state index contributed by atoms with van der Waals surface area (Å²) in [5.74, 6) is -1.56. The van der Waals surface area contributed by atoms with E-state index in [9.17, 15) is 19.8 Å². The number of nitrogens with two attached hydrogens (primary N) is 1. The minimum absolute atomic E-state index is 0.0171. The van der Waals surface area contributed by atoms with Crippen molar-refractivity contribution in [3.8, 4) is 0 Å². The largest absolute Gasteiger partial charge is 0.395 e. The van der Waals surface area contributed by atoms with Crippen molar-refractivity contribution in [2.45, 2.75) is 24.5 Å². The van der Waals surface area contributed by atoms with E-state index in [0.29, 0.717) is 13.0 Å². The first-order chi connectivity index (χ1) is 13.5. The van der Waals surface area contributed by atoms with Crippen molar-refractivity contribution in [1.29, 1.82) is 0 Å². The Bertz CT molecular complexity index is 755. The van der Waals surface area contributed by atoms with E-state index in [0.717, 1.165) is 11.1 Å². The summed E-state index contributed by atoms with van der Waals surface area (Å²) in [6.45, 7) is 0.0776. The number of amides is 2. The van der Waals surface area contributed by atoms with Crippen LogP contribution in [0, 0.1) is 0 Å². The summed E-state index contributed by atoms with van der Waals surface area (Å²) in [4.78, 5) is 24.9. The van der Waals surface area contributed by atoms with Crippen molar-refractivity contribution >= 4 is 11.8 Å². The predicted octanol–water partition coefficient (Wildman–Crippen LogP) is -0.245. The summed E-state index contributed by atoms with van der Waals surface area (Å²) in [5.41, 5.74) is 5.44. The van der Waals surface area contributed by atoms with Crippen LogP contribution in [0.2, 0.25) is 0 Å². The van der Waals surface area contributed by atoms with Gasteiger partial charge in [-0.2, -0.15) is 0 Å². The molecule has 2 aromatic rings. The third-order valence-corrected chi connectivity index (χ3v) is 4.56. The molecule has 0 saturated heterocycles. The number of primary amides is 1. The van der Waals surface area contributed by atoms with E-state index in [1.807, 2.05) is 36.4 Å². The van der Waals surface area contributed by atoms with Gasteiger partial charge in [0.1, 0.15) is 5.54 Å². The van der Waals surface area contributed by atoms with Crippen LogP contribution in [0.4, 0.5) is 0 Å². The number of aliphatic hydroxyl groups excluding tert-OH is 2. The van der Waals surface area contributed by atoms with Gasteiger partial charge >= 0.3 is 0 Å². The van der Waals surface area contributed by atoms with Gasteiger partial charge in [0, 0.05) is 19.5 Å². The van der Waals surface area contributed by atoms with Gasteiger partial charge in [-0.25, -0.2) is 0 Å². The Morgan fingerprint density at radius 1 is 0.964 bits per heavy atom. The highest BCUT2D eigenvalue weighted by atomic mass is 16.3. The molecule has 2 amide bonds. The summed E-state index contributed by atoms with van der Waals surface area (Å²) in [6.07, 6.45) is -1.13. The van der Waals surface area contributed by atoms with E-state index >= 15 is 0 Å². The first-order valence-corrected chi connectivity index (χ1v) is 9.19. The minimum atomic E-state index is -1.77. The molecule has 2 unspecified atom stereocenters. The summed E-state index contributed by atoms with van der Waals surface area (Å²) in [5, 5.41) is 25.4. The summed E-state index contributed by atoms with van der Waals surface area (Å²) >= 11 is 0. The number of benzene rings is 2. The molecule has 150 valence electrons. The van der Waals surface area contributed by atoms with Crippen LogP contribution in [0.3, 0.4) is 0 Å². The molecule has 0 fully saturated rings. The lowest BCUT2D eigenvalue weighted by Gasteiger charge is -2.36. The average Bonchev–Trinajstić information content (AvgIpc) is 2.72. The third kappa shape index (κ3) is 5.63. The van der Waals surface area contributed by atoms with Crippen molar-refractivity contribution in [2.75, 3.05) is 19.7 Å². The monoisotopic (exact) mass is 385 g/mol. The molecule has 0 saturated carbocycles. The zero-order chi connectivity index (χ0) is 20.4. The molecule has 0 spiro atoms. The molecule has 0 bridgehead atoms. The van der Waals surface area contributed by atoms with Crippen molar-refractivity contribution in [2.24, 2.45) is 5.73 Å². The third-order valence-electron chi connectivity index (χ3n) is 4.56. The van der Waals surface area contributed by atoms with E-state index in [-0.39, 0.29) is 19.6 Å². The Kier molecular flexibility index (Phi) is 8.13. The van der Waals surface area contributed by atoms with Crippen LogP contribution in [0.25, 0.3) is 0 Å². The van der Waals surface area contributed by atoms with Crippen LogP contribution in [0.1, 0.15) is 11.1 Å².